The lowest BCUT2D eigenvalue weighted by Gasteiger charge is -2.02. The maximum absolute atomic E-state index is 12.1. The molecule has 0 spiro atoms. The Morgan fingerprint density at radius 2 is 1.83 bits per heavy atom. The van der Waals surface area contributed by atoms with E-state index in [1.807, 2.05) is 13.1 Å². The summed E-state index contributed by atoms with van der Waals surface area (Å²) in [5.41, 5.74) is 5.35. The van der Waals surface area contributed by atoms with Crippen molar-refractivity contribution >= 4 is 5.97 Å². The smallest absolute Gasteiger partial charge is 0.338 e. The highest BCUT2D eigenvalue weighted by Crippen LogP contribution is 2.34. The molecule has 0 aromatic carbocycles. The van der Waals surface area contributed by atoms with Crippen molar-refractivity contribution in [3.05, 3.63) is 47.0 Å². The Kier molecular flexibility index (Phi) is 6.17. The van der Waals surface area contributed by atoms with Crippen LogP contribution in [0.3, 0.4) is 0 Å². The van der Waals surface area contributed by atoms with E-state index in [4.69, 9.17) is 4.74 Å². The molecule has 0 aromatic rings. The minimum atomic E-state index is -0.256. The molecule has 2 aliphatic rings. The standard InChI is InChI=1S/C20H27NO2/c1-14(2)15-8-10-17-16(7-5-6-12-21-3)13-19(20(22)23-4)18(17)11-9-15/h8-11,13-14,21H,5-7,12H2,1-4H3. The average molecular weight is 313 g/mol. The zero-order chi connectivity index (χ0) is 16.8. The highest BCUT2D eigenvalue weighted by atomic mass is 16.5. The van der Waals surface area contributed by atoms with Gasteiger partial charge in [-0.3, -0.25) is 0 Å². The Bertz CT molecular complexity index is 634. The SMILES string of the molecule is CNCCCCc1cc(C(=O)OC)c2ccc(C(C)C)ccc1-2. The van der Waals surface area contributed by atoms with Crippen LogP contribution in [0.4, 0.5) is 0 Å². The number of methoxy groups -OCH3 is 1. The van der Waals surface area contributed by atoms with Gasteiger partial charge in [-0.25, -0.2) is 4.79 Å². The normalized spacial score (nSPS) is 11.2. The van der Waals surface area contributed by atoms with Crippen molar-refractivity contribution < 1.29 is 9.53 Å². The summed E-state index contributed by atoms with van der Waals surface area (Å²) < 4.78 is 4.96. The molecule has 23 heavy (non-hydrogen) atoms. The van der Waals surface area contributed by atoms with Crippen LogP contribution in [0.15, 0.2) is 30.3 Å². The van der Waals surface area contributed by atoms with E-state index in [1.54, 1.807) is 0 Å². The Labute approximate surface area is 139 Å². The van der Waals surface area contributed by atoms with Crippen LogP contribution >= 0.6 is 0 Å². The van der Waals surface area contributed by atoms with Crippen LogP contribution in [0.25, 0.3) is 11.1 Å². The fourth-order valence-electron chi connectivity index (χ4n) is 2.93. The Morgan fingerprint density at radius 3 is 2.43 bits per heavy atom. The van der Waals surface area contributed by atoms with Crippen LogP contribution in [-0.2, 0) is 11.2 Å². The second-order valence-electron chi connectivity index (χ2n) is 6.28. The highest BCUT2D eigenvalue weighted by molar-refractivity contribution is 6.00. The molecule has 0 heterocycles. The van der Waals surface area contributed by atoms with Crippen LogP contribution in [-0.4, -0.2) is 26.7 Å². The van der Waals surface area contributed by atoms with Gasteiger partial charge in [-0.2, -0.15) is 0 Å². The van der Waals surface area contributed by atoms with Crippen molar-refractivity contribution in [2.45, 2.75) is 39.0 Å². The summed E-state index contributed by atoms with van der Waals surface area (Å²) in [5, 5.41) is 3.17. The summed E-state index contributed by atoms with van der Waals surface area (Å²) in [6.45, 7) is 5.38. The van der Waals surface area contributed by atoms with Crippen molar-refractivity contribution in [3.63, 3.8) is 0 Å². The number of aryl methyl sites for hydroxylation is 1. The Morgan fingerprint density at radius 1 is 1.13 bits per heavy atom. The zero-order valence-electron chi connectivity index (χ0n) is 14.6. The number of carbonyl (C=O) groups excluding carboxylic acids is 1. The fourth-order valence-corrected chi connectivity index (χ4v) is 2.93. The van der Waals surface area contributed by atoms with Crippen molar-refractivity contribution in [1.29, 1.82) is 0 Å². The maximum Gasteiger partial charge on any atom is 0.338 e. The molecule has 0 bridgehead atoms. The second kappa shape index (κ2) is 8.11. The first-order chi connectivity index (χ1) is 11.1. The number of hydrogen-bond donors (Lipinski definition) is 1. The van der Waals surface area contributed by atoms with Gasteiger partial charge < -0.3 is 10.1 Å². The largest absolute Gasteiger partial charge is 0.465 e. The van der Waals surface area contributed by atoms with E-state index in [-0.39, 0.29) is 5.97 Å². The van der Waals surface area contributed by atoms with Crippen molar-refractivity contribution in [3.8, 4) is 11.1 Å². The van der Waals surface area contributed by atoms with Gasteiger partial charge in [0.05, 0.1) is 12.7 Å². The summed E-state index contributed by atoms with van der Waals surface area (Å²) in [6, 6.07) is 10.5. The van der Waals surface area contributed by atoms with Crippen LogP contribution in [0, 0.1) is 0 Å². The van der Waals surface area contributed by atoms with E-state index in [0.29, 0.717) is 11.5 Å². The lowest BCUT2D eigenvalue weighted by atomic mass is 10.0. The first-order valence-electron chi connectivity index (χ1n) is 8.37. The van der Waals surface area contributed by atoms with E-state index in [1.165, 1.54) is 23.8 Å². The van der Waals surface area contributed by atoms with Gasteiger partial charge in [0.15, 0.2) is 0 Å². The number of unbranched alkanes of at least 4 members (excludes halogenated alkanes) is 1. The molecule has 0 radical (unpaired) electrons. The van der Waals surface area contributed by atoms with Gasteiger partial charge in [0.2, 0.25) is 0 Å². The van der Waals surface area contributed by atoms with E-state index >= 15 is 0 Å². The lowest BCUT2D eigenvalue weighted by Crippen LogP contribution is -2.07. The quantitative estimate of drug-likeness (QED) is 0.613. The van der Waals surface area contributed by atoms with Crippen LogP contribution < -0.4 is 5.32 Å². The first-order valence-corrected chi connectivity index (χ1v) is 8.37. The van der Waals surface area contributed by atoms with Crippen LogP contribution in [0.2, 0.25) is 0 Å². The molecule has 2 rings (SSSR count). The molecule has 0 aromatic heterocycles. The van der Waals surface area contributed by atoms with E-state index in [9.17, 15) is 4.79 Å². The van der Waals surface area contributed by atoms with Crippen LogP contribution in [0.1, 0.15) is 54.1 Å². The minimum absolute atomic E-state index is 0.256. The number of esters is 1. The average Bonchev–Trinajstić information content (AvgIpc) is 2.73. The van der Waals surface area contributed by atoms with E-state index < -0.39 is 0 Å². The minimum Gasteiger partial charge on any atom is -0.465 e. The molecule has 0 saturated heterocycles. The number of carbonyl (C=O) groups is 1. The summed E-state index contributed by atoms with van der Waals surface area (Å²) in [4.78, 5) is 12.1. The van der Waals surface area contributed by atoms with Crippen LogP contribution in [0.5, 0.6) is 0 Å². The topological polar surface area (TPSA) is 38.3 Å². The first kappa shape index (κ1) is 17.5. The van der Waals surface area contributed by atoms with Crippen molar-refractivity contribution in [2.75, 3.05) is 20.7 Å². The molecular weight excluding hydrogens is 286 g/mol. The van der Waals surface area contributed by atoms with Crippen molar-refractivity contribution in [2.24, 2.45) is 0 Å². The van der Waals surface area contributed by atoms with Gasteiger partial charge in [-0.1, -0.05) is 38.1 Å². The second-order valence-corrected chi connectivity index (χ2v) is 6.28. The Hall–Kier alpha value is -1.87. The molecule has 0 fully saturated rings. The third kappa shape index (κ3) is 4.11. The number of nitrogens with one attached hydrogen (secondary N) is 1. The highest BCUT2D eigenvalue weighted by Gasteiger charge is 2.20. The van der Waals surface area contributed by atoms with Gasteiger partial charge in [0, 0.05) is 0 Å². The molecule has 124 valence electrons. The molecule has 2 aliphatic carbocycles. The number of hydrogen-bond acceptors (Lipinski definition) is 3. The zero-order valence-corrected chi connectivity index (χ0v) is 14.6. The molecule has 0 atom stereocenters. The van der Waals surface area contributed by atoms with E-state index in [0.717, 1.165) is 31.4 Å². The van der Waals surface area contributed by atoms with Gasteiger partial charge in [-0.05, 0) is 67.1 Å². The van der Waals surface area contributed by atoms with Gasteiger partial charge in [0.1, 0.15) is 0 Å². The predicted octanol–water partition coefficient (Wildman–Crippen LogP) is 4.24. The molecule has 0 unspecified atom stereocenters. The number of ether oxygens (including phenoxy) is 1. The molecule has 1 N–H and O–H groups in total. The fraction of sp³-hybridized carbons (Fsp3) is 0.450. The summed E-state index contributed by atoms with van der Waals surface area (Å²) in [7, 11) is 3.41. The van der Waals surface area contributed by atoms with E-state index in [2.05, 4.69) is 43.4 Å². The lowest BCUT2D eigenvalue weighted by molar-refractivity contribution is 0.0602. The molecular formula is C20H27NO2. The van der Waals surface area contributed by atoms with Gasteiger partial charge in [0.25, 0.3) is 0 Å². The molecule has 0 aliphatic heterocycles. The number of fused-ring (bicyclic) bond motifs is 1. The third-order valence-electron chi connectivity index (χ3n) is 4.32. The maximum atomic E-state index is 12.1. The summed E-state index contributed by atoms with van der Waals surface area (Å²) in [5.74, 6) is 0.209. The Balaban J connectivity index is 2.40. The molecule has 0 amide bonds. The third-order valence-corrected chi connectivity index (χ3v) is 4.32. The summed E-state index contributed by atoms with van der Waals surface area (Å²) >= 11 is 0. The number of rotatable bonds is 7. The van der Waals surface area contributed by atoms with Gasteiger partial charge >= 0.3 is 5.97 Å². The predicted molar refractivity (Wildman–Crippen MR) is 95.4 cm³/mol. The summed E-state index contributed by atoms with van der Waals surface area (Å²) in [6.07, 6.45) is 3.22. The molecule has 3 heteroatoms. The molecule has 0 saturated carbocycles. The van der Waals surface area contributed by atoms with Crippen molar-refractivity contribution in [1.82, 2.24) is 5.32 Å². The monoisotopic (exact) mass is 313 g/mol. The molecule has 3 nitrogen and oxygen atoms in total. The van der Waals surface area contributed by atoms with Gasteiger partial charge in [-0.15, -0.1) is 0 Å².